The van der Waals surface area contributed by atoms with Crippen molar-refractivity contribution in [2.24, 2.45) is 0 Å². The van der Waals surface area contributed by atoms with Crippen LogP contribution in [0, 0.1) is 13.8 Å². The van der Waals surface area contributed by atoms with Gasteiger partial charge in [0.05, 0.1) is 10.6 Å². The maximum absolute atomic E-state index is 13.0. The molecule has 0 saturated heterocycles. The molecule has 0 spiro atoms. The molecule has 0 saturated carbocycles. The Morgan fingerprint density at radius 1 is 0.857 bits per heavy atom. The van der Waals surface area contributed by atoms with E-state index in [-0.39, 0.29) is 16.4 Å². The van der Waals surface area contributed by atoms with Gasteiger partial charge in [-0.1, -0.05) is 35.9 Å². The Hall–Kier alpha value is -3.12. The number of sulfonamides is 1. The number of hydrogen-bond acceptors (Lipinski definition) is 3. The van der Waals surface area contributed by atoms with Crippen molar-refractivity contribution in [3.8, 4) is 0 Å². The lowest BCUT2D eigenvalue weighted by atomic mass is 10.2. The predicted molar refractivity (Wildman–Crippen MR) is 112 cm³/mol. The molecule has 3 aromatic carbocycles. The van der Waals surface area contributed by atoms with Gasteiger partial charge in [-0.2, -0.15) is 0 Å². The maximum atomic E-state index is 13.0. The average molecular weight is 394 g/mol. The lowest BCUT2D eigenvalue weighted by molar-refractivity contribution is 0.102. The molecule has 0 radical (unpaired) electrons. The van der Waals surface area contributed by atoms with Crippen molar-refractivity contribution in [1.29, 1.82) is 0 Å². The van der Waals surface area contributed by atoms with Crippen molar-refractivity contribution >= 4 is 27.3 Å². The first-order chi connectivity index (χ1) is 13.3. The number of amides is 1. The fourth-order valence-corrected chi connectivity index (χ4v) is 4.02. The van der Waals surface area contributed by atoms with Crippen molar-refractivity contribution in [2.75, 3.05) is 16.7 Å². The highest BCUT2D eigenvalue weighted by Gasteiger charge is 2.22. The Bertz CT molecular complexity index is 1110. The summed E-state index contributed by atoms with van der Waals surface area (Å²) in [6.45, 7) is 3.87. The number of rotatable bonds is 5. The van der Waals surface area contributed by atoms with Crippen molar-refractivity contribution in [2.45, 2.75) is 18.7 Å². The van der Waals surface area contributed by atoms with Gasteiger partial charge in [-0.05, 0) is 61.9 Å². The third-order valence-electron chi connectivity index (χ3n) is 4.43. The van der Waals surface area contributed by atoms with E-state index in [1.807, 2.05) is 44.2 Å². The fourth-order valence-electron chi connectivity index (χ4n) is 2.78. The van der Waals surface area contributed by atoms with Gasteiger partial charge >= 0.3 is 0 Å². The van der Waals surface area contributed by atoms with E-state index in [1.165, 1.54) is 23.5 Å². The number of benzene rings is 3. The molecule has 0 bridgehead atoms. The standard InChI is InChI=1S/C22H22N2O3S/c1-16-10-12-20(13-11-16)24(3)28(26,27)21-9-5-7-18(15-21)22(25)23-19-8-4-6-17(2)14-19/h4-15H,1-3H3,(H,23,25). The molecule has 0 fully saturated rings. The van der Waals surface area contributed by atoms with Crippen LogP contribution in [-0.4, -0.2) is 21.4 Å². The molecule has 28 heavy (non-hydrogen) atoms. The Morgan fingerprint density at radius 3 is 2.21 bits per heavy atom. The Morgan fingerprint density at radius 2 is 1.54 bits per heavy atom. The Balaban J connectivity index is 1.87. The molecule has 5 nitrogen and oxygen atoms in total. The summed E-state index contributed by atoms with van der Waals surface area (Å²) in [4.78, 5) is 12.6. The monoisotopic (exact) mass is 394 g/mol. The van der Waals surface area contributed by atoms with Crippen molar-refractivity contribution < 1.29 is 13.2 Å². The van der Waals surface area contributed by atoms with Gasteiger partial charge in [0.1, 0.15) is 0 Å². The minimum absolute atomic E-state index is 0.0625. The van der Waals surface area contributed by atoms with Gasteiger partial charge in [0, 0.05) is 18.3 Å². The average Bonchev–Trinajstić information content (AvgIpc) is 2.68. The van der Waals surface area contributed by atoms with Crippen LogP contribution in [0.5, 0.6) is 0 Å². The van der Waals surface area contributed by atoms with Crippen molar-refractivity contribution in [3.05, 3.63) is 89.5 Å². The molecule has 0 aromatic heterocycles. The second-order valence-electron chi connectivity index (χ2n) is 6.66. The highest BCUT2D eigenvalue weighted by Crippen LogP contribution is 2.23. The summed E-state index contributed by atoms with van der Waals surface area (Å²) >= 11 is 0. The molecule has 3 aromatic rings. The zero-order valence-electron chi connectivity index (χ0n) is 16.0. The van der Waals surface area contributed by atoms with Gasteiger partial charge in [-0.3, -0.25) is 9.10 Å². The molecule has 0 aliphatic heterocycles. The Kier molecular flexibility index (Phi) is 5.51. The van der Waals surface area contributed by atoms with Gasteiger partial charge in [0.15, 0.2) is 0 Å². The molecule has 6 heteroatoms. The first-order valence-corrected chi connectivity index (χ1v) is 10.2. The number of nitrogens with one attached hydrogen (secondary N) is 1. The quantitative estimate of drug-likeness (QED) is 0.698. The molecule has 0 aliphatic rings. The summed E-state index contributed by atoms with van der Waals surface area (Å²) in [5, 5.41) is 2.80. The number of hydrogen-bond donors (Lipinski definition) is 1. The smallest absolute Gasteiger partial charge is 0.264 e. The van der Waals surface area contributed by atoms with E-state index < -0.39 is 10.0 Å². The van der Waals surface area contributed by atoms with Gasteiger partial charge < -0.3 is 5.32 Å². The third-order valence-corrected chi connectivity index (χ3v) is 6.21. The minimum Gasteiger partial charge on any atom is -0.322 e. The van der Waals surface area contributed by atoms with E-state index in [9.17, 15) is 13.2 Å². The molecular formula is C22H22N2O3S. The van der Waals surface area contributed by atoms with Crippen LogP contribution >= 0.6 is 0 Å². The second-order valence-corrected chi connectivity index (χ2v) is 8.63. The molecule has 0 heterocycles. The number of carbonyl (C=O) groups is 1. The third kappa shape index (κ3) is 4.23. The molecule has 0 atom stereocenters. The van der Waals surface area contributed by atoms with E-state index in [0.29, 0.717) is 11.4 Å². The normalized spacial score (nSPS) is 11.1. The van der Waals surface area contributed by atoms with Gasteiger partial charge in [0.2, 0.25) is 0 Å². The summed E-state index contributed by atoms with van der Waals surface area (Å²) in [5.74, 6) is -0.361. The van der Waals surface area contributed by atoms with Gasteiger partial charge in [-0.25, -0.2) is 8.42 Å². The number of anilines is 2. The fraction of sp³-hybridized carbons (Fsp3) is 0.136. The molecule has 0 aliphatic carbocycles. The molecular weight excluding hydrogens is 372 g/mol. The molecule has 144 valence electrons. The van der Waals surface area contributed by atoms with Crippen molar-refractivity contribution in [3.63, 3.8) is 0 Å². The molecule has 1 N–H and O–H groups in total. The summed E-state index contributed by atoms with van der Waals surface area (Å²) in [5.41, 5.74) is 3.56. The highest BCUT2D eigenvalue weighted by atomic mass is 32.2. The summed E-state index contributed by atoms with van der Waals surface area (Å²) in [6, 6.07) is 20.7. The molecule has 0 unspecified atom stereocenters. The Labute approximate surface area is 165 Å². The zero-order chi connectivity index (χ0) is 20.3. The summed E-state index contributed by atoms with van der Waals surface area (Å²) in [6.07, 6.45) is 0. The van der Waals surface area contributed by atoms with Crippen LogP contribution in [0.2, 0.25) is 0 Å². The van der Waals surface area contributed by atoms with E-state index in [0.717, 1.165) is 11.1 Å². The predicted octanol–water partition coefficient (Wildman–Crippen LogP) is 4.38. The molecule has 3 rings (SSSR count). The molecule has 1 amide bonds. The van der Waals surface area contributed by atoms with Crippen LogP contribution in [0.3, 0.4) is 0 Å². The van der Waals surface area contributed by atoms with Crippen LogP contribution < -0.4 is 9.62 Å². The van der Waals surface area contributed by atoms with Gasteiger partial charge in [0.25, 0.3) is 15.9 Å². The first-order valence-electron chi connectivity index (χ1n) is 8.81. The number of aryl methyl sites for hydroxylation is 2. The summed E-state index contributed by atoms with van der Waals surface area (Å²) < 4.78 is 27.2. The van der Waals surface area contributed by atoms with Crippen molar-refractivity contribution in [1.82, 2.24) is 0 Å². The number of carbonyl (C=O) groups excluding carboxylic acids is 1. The minimum atomic E-state index is -3.79. The van der Waals surface area contributed by atoms with Gasteiger partial charge in [-0.15, -0.1) is 0 Å². The SMILES string of the molecule is Cc1ccc(N(C)S(=O)(=O)c2cccc(C(=O)Nc3cccc(C)c3)c2)cc1. The van der Waals surface area contributed by atoms with E-state index in [1.54, 1.807) is 30.3 Å². The van der Waals surface area contributed by atoms with Crippen LogP contribution in [0.1, 0.15) is 21.5 Å². The summed E-state index contributed by atoms with van der Waals surface area (Å²) in [7, 11) is -2.29. The first kappa shape index (κ1) is 19.6. The topological polar surface area (TPSA) is 66.5 Å². The van der Waals surface area contributed by atoms with Crippen LogP contribution in [-0.2, 0) is 10.0 Å². The lowest BCUT2D eigenvalue weighted by Crippen LogP contribution is -2.26. The second kappa shape index (κ2) is 7.86. The van der Waals surface area contributed by atoms with E-state index in [2.05, 4.69) is 5.32 Å². The van der Waals surface area contributed by atoms with Crippen LogP contribution in [0.15, 0.2) is 77.7 Å². The van der Waals surface area contributed by atoms with E-state index >= 15 is 0 Å². The van der Waals surface area contributed by atoms with E-state index in [4.69, 9.17) is 0 Å². The van der Waals surface area contributed by atoms with Crippen LogP contribution in [0.25, 0.3) is 0 Å². The largest absolute Gasteiger partial charge is 0.322 e. The number of nitrogens with zero attached hydrogens (tertiary/aromatic N) is 1. The van der Waals surface area contributed by atoms with Crippen LogP contribution in [0.4, 0.5) is 11.4 Å². The lowest BCUT2D eigenvalue weighted by Gasteiger charge is -2.20. The zero-order valence-corrected chi connectivity index (χ0v) is 16.8. The maximum Gasteiger partial charge on any atom is 0.264 e. The highest BCUT2D eigenvalue weighted by molar-refractivity contribution is 7.92.